The Morgan fingerprint density at radius 3 is 2.50 bits per heavy atom. The number of aromatic nitrogens is 1. The number of aliphatic hydroxyl groups excluding tert-OH is 1. The van der Waals surface area contributed by atoms with Gasteiger partial charge in [0, 0.05) is 5.56 Å². The molecule has 0 saturated carbocycles. The van der Waals surface area contributed by atoms with Crippen LogP contribution >= 0.6 is 11.3 Å². The molecule has 4 aromatic rings. The van der Waals surface area contributed by atoms with Crippen molar-refractivity contribution in [2.45, 2.75) is 6.04 Å². The van der Waals surface area contributed by atoms with E-state index in [0.717, 1.165) is 23.5 Å². The molecule has 170 valence electrons. The number of nitrogens with zero attached hydrogens (tertiary/aromatic N) is 2. The first-order valence-electron chi connectivity index (χ1n) is 10.1. The third-order valence-corrected chi connectivity index (χ3v) is 6.53. The molecule has 9 heteroatoms. The molecule has 3 aromatic carbocycles. The molecule has 34 heavy (non-hydrogen) atoms. The Morgan fingerprint density at radius 1 is 1.03 bits per heavy atom. The van der Waals surface area contributed by atoms with E-state index < -0.39 is 35.1 Å². The number of ketones is 1. The molecule has 1 fully saturated rings. The molecule has 0 bridgehead atoms. The van der Waals surface area contributed by atoms with Gasteiger partial charge in [-0.3, -0.25) is 14.5 Å². The number of anilines is 1. The van der Waals surface area contributed by atoms with Crippen LogP contribution in [-0.4, -0.2) is 28.9 Å². The fraction of sp³-hybridized carbons (Fsp3) is 0.0800. The van der Waals surface area contributed by atoms with Gasteiger partial charge in [-0.05, 0) is 60.2 Å². The van der Waals surface area contributed by atoms with Crippen molar-refractivity contribution in [1.82, 2.24) is 4.98 Å². The second-order valence-electron chi connectivity index (χ2n) is 7.56. The van der Waals surface area contributed by atoms with E-state index in [1.807, 2.05) is 0 Å². The highest BCUT2D eigenvalue weighted by Crippen LogP contribution is 2.44. The quantitative estimate of drug-likeness (QED) is 0.248. The van der Waals surface area contributed by atoms with Crippen molar-refractivity contribution in [2.24, 2.45) is 0 Å². The summed E-state index contributed by atoms with van der Waals surface area (Å²) in [6.07, 6.45) is 0. The lowest BCUT2D eigenvalue weighted by molar-refractivity contribution is -0.132. The fourth-order valence-corrected chi connectivity index (χ4v) is 4.93. The third kappa shape index (κ3) is 3.60. The van der Waals surface area contributed by atoms with Crippen molar-refractivity contribution < 1.29 is 28.2 Å². The van der Waals surface area contributed by atoms with Crippen LogP contribution in [-0.2, 0) is 9.59 Å². The Balaban J connectivity index is 1.74. The summed E-state index contributed by atoms with van der Waals surface area (Å²) in [5.74, 6) is -2.73. The minimum absolute atomic E-state index is 0.171. The van der Waals surface area contributed by atoms with Gasteiger partial charge in [0.05, 0.1) is 28.9 Å². The number of carbonyl (C=O) groups is 2. The smallest absolute Gasteiger partial charge is 0.301 e. The summed E-state index contributed by atoms with van der Waals surface area (Å²) < 4.78 is 33.0. The highest BCUT2D eigenvalue weighted by molar-refractivity contribution is 7.22. The van der Waals surface area contributed by atoms with Crippen molar-refractivity contribution >= 4 is 44.1 Å². The Labute approximate surface area is 196 Å². The predicted octanol–water partition coefficient (Wildman–Crippen LogP) is 5.21. The lowest BCUT2D eigenvalue weighted by atomic mass is 9.95. The van der Waals surface area contributed by atoms with Gasteiger partial charge in [0.25, 0.3) is 5.78 Å². The average molecular weight is 478 g/mol. The van der Waals surface area contributed by atoms with Gasteiger partial charge in [-0.1, -0.05) is 23.5 Å². The minimum atomic E-state index is -1.04. The number of ether oxygens (including phenoxy) is 1. The molecule has 0 spiro atoms. The zero-order chi connectivity index (χ0) is 24.0. The number of halogens is 2. The molecule has 0 aliphatic carbocycles. The first-order chi connectivity index (χ1) is 16.4. The van der Waals surface area contributed by atoms with Crippen LogP contribution in [0.5, 0.6) is 5.75 Å². The van der Waals surface area contributed by atoms with Crippen molar-refractivity contribution in [3.05, 3.63) is 95.1 Å². The number of carbonyl (C=O) groups excluding carboxylic acids is 2. The van der Waals surface area contributed by atoms with Crippen molar-refractivity contribution in [3.63, 3.8) is 0 Å². The molecule has 1 amide bonds. The lowest BCUT2D eigenvalue weighted by Crippen LogP contribution is -2.29. The maximum atomic E-state index is 13.7. The molecule has 1 aliphatic rings. The van der Waals surface area contributed by atoms with Crippen molar-refractivity contribution in [2.75, 3.05) is 12.0 Å². The van der Waals surface area contributed by atoms with Gasteiger partial charge in [-0.15, -0.1) is 0 Å². The normalized spacial score (nSPS) is 17.5. The van der Waals surface area contributed by atoms with E-state index in [-0.39, 0.29) is 16.3 Å². The topological polar surface area (TPSA) is 79.7 Å². The van der Waals surface area contributed by atoms with Crippen LogP contribution in [0.25, 0.3) is 16.0 Å². The molecular weight excluding hydrogens is 462 g/mol. The Bertz CT molecular complexity index is 1480. The van der Waals surface area contributed by atoms with E-state index in [9.17, 15) is 23.5 Å². The van der Waals surface area contributed by atoms with Gasteiger partial charge in [-0.2, -0.15) is 0 Å². The number of Topliss-reactive ketones (excluding diaryl/α,β-unsaturated/α-hetero) is 1. The number of fused-ring (bicyclic) bond motifs is 1. The molecule has 1 N–H and O–H groups in total. The highest BCUT2D eigenvalue weighted by atomic mass is 32.1. The maximum Gasteiger partial charge on any atom is 0.301 e. The van der Waals surface area contributed by atoms with Crippen molar-refractivity contribution in [1.29, 1.82) is 0 Å². The zero-order valence-corrected chi connectivity index (χ0v) is 18.5. The highest BCUT2D eigenvalue weighted by Gasteiger charge is 2.48. The summed E-state index contributed by atoms with van der Waals surface area (Å²) in [6.45, 7) is 0. The molecule has 1 aromatic heterocycles. The molecule has 6 nitrogen and oxygen atoms in total. The van der Waals surface area contributed by atoms with Crippen LogP contribution in [0.3, 0.4) is 0 Å². The first-order valence-corrected chi connectivity index (χ1v) is 11.0. The number of hydrogen-bond donors (Lipinski definition) is 1. The first kappa shape index (κ1) is 21.7. The van der Waals surface area contributed by atoms with Crippen LogP contribution in [0, 0.1) is 11.6 Å². The standard InChI is InChI=1S/C25H16F2N2O4S/c1-33-17-4-2-3-14(11-17)21-20(22(30)13-5-7-15(26)8-6-13)23(31)24(32)29(21)25-28-18-10-9-16(27)12-19(18)34-25/h2-12,21,30H,1H3/b22-20+. The second-order valence-corrected chi connectivity index (χ2v) is 8.57. The van der Waals surface area contributed by atoms with Gasteiger partial charge in [0.1, 0.15) is 23.1 Å². The molecular formula is C25H16F2N2O4S. The van der Waals surface area contributed by atoms with Gasteiger partial charge < -0.3 is 9.84 Å². The Morgan fingerprint density at radius 2 is 1.76 bits per heavy atom. The molecule has 1 unspecified atom stereocenters. The number of methoxy groups -OCH3 is 1. The maximum absolute atomic E-state index is 13.7. The van der Waals surface area contributed by atoms with E-state index in [1.165, 1.54) is 42.3 Å². The number of amides is 1. The van der Waals surface area contributed by atoms with E-state index >= 15 is 0 Å². The van der Waals surface area contributed by atoms with Crippen molar-refractivity contribution in [3.8, 4) is 5.75 Å². The number of hydrogen-bond acceptors (Lipinski definition) is 6. The van der Waals surface area contributed by atoms with E-state index in [0.29, 0.717) is 21.5 Å². The number of benzene rings is 3. The number of thiazole rings is 1. The number of rotatable bonds is 4. The van der Waals surface area contributed by atoms with Crippen LogP contribution in [0.4, 0.5) is 13.9 Å². The van der Waals surface area contributed by atoms with Gasteiger partial charge in [0.2, 0.25) is 0 Å². The van der Waals surface area contributed by atoms with E-state index in [4.69, 9.17) is 4.74 Å². The monoisotopic (exact) mass is 478 g/mol. The third-order valence-electron chi connectivity index (χ3n) is 5.52. The van der Waals surface area contributed by atoms with E-state index in [1.54, 1.807) is 24.3 Å². The van der Waals surface area contributed by atoms with Crippen LogP contribution in [0.2, 0.25) is 0 Å². The van der Waals surface area contributed by atoms with Gasteiger partial charge in [-0.25, -0.2) is 13.8 Å². The van der Waals surface area contributed by atoms with Crippen LogP contribution < -0.4 is 9.64 Å². The summed E-state index contributed by atoms with van der Waals surface area (Å²) in [5, 5.41) is 11.2. The largest absolute Gasteiger partial charge is 0.507 e. The second kappa shape index (κ2) is 8.35. The molecule has 1 atom stereocenters. The summed E-state index contributed by atoms with van der Waals surface area (Å²) in [5.41, 5.74) is 0.966. The summed E-state index contributed by atoms with van der Waals surface area (Å²) in [4.78, 5) is 32.0. The zero-order valence-electron chi connectivity index (χ0n) is 17.7. The average Bonchev–Trinajstić information content (AvgIpc) is 3.37. The summed E-state index contributed by atoms with van der Waals surface area (Å²) in [7, 11) is 1.48. The molecule has 5 rings (SSSR count). The summed E-state index contributed by atoms with van der Waals surface area (Å²) in [6, 6.07) is 14.7. The van der Waals surface area contributed by atoms with Gasteiger partial charge >= 0.3 is 5.91 Å². The number of aliphatic hydroxyl groups is 1. The SMILES string of the molecule is COc1cccc(C2/C(=C(\O)c3ccc(F)cc3)C(=O)C(=O)N2c2nc3ccc(F)cc3s2)c1. The molecule has 2 heterocycles. The Kier molecular flexibility index (Phi) is 5.33. The lowest BCUT2D eigenvalue weighted by Gasteiger charge is -2.23. The minimum Gasteiger partial charge on any atom is -0.507 e. The predicted molar refractivity (Wildman–Crippen MR) is 124 cm³/mol. The summed E-state index contributed by atoms with van der Waals surface area (Å²) >= 11 is 1.05. The Hall–Kier alpha value is -4.11. The molecule has 1 saturated heterocycles. The fourth-order valence-electron chi connectivity index (χ4n) is 3.91. The van der Waals surface area contributed by atoms with Crippen LogP contribution in [0.1, 0.15) is 17.2 Å². The molecule has 1 aliphatic heterocycles. The van der Waals surface area contributed by atoms with Crippen LogP contribution in [0.15, 0.2) is 72.3 Å². The molecule has 0 radical (unpaired) electrons. The van der Waals surface area contributed by atoms with Gasteiger partial charge in [0.15, 0.2) is 5.13 Å². The van der Waals surface area contributed by atoms with E-state index in [2.05, 4.69) is 4.98 Å².